The van der Waals surface area contributed by atoms with Gasteiger partial charge in [-0.2, -0.15) is 0 Å². The van der Waals surface area contributed by atoms with E-state index in [-0.39, 0.29) is 28.7 Å². The summed E-state index contributed by atoms with van der Waals surface area (Å²) in [6.45, 7) is 2.95. The molecule has 10 nitrogen and oxygen atoms in total. The van der Waals surface area contributed by atoms with Gasteiger partial charge in [0.1, 0.15) is 23.6 Å². The van der Waals surface area contributed by atoms with E-state index >= 15 is 0 Å². The molecular formula is C17H16N4O6S2. The molecule has 29 heavy (non-hydrogen) atoms. The fourth-order valence-electron chi connectivity index (χ4n) is 3.09. The molecule has 0 radical (unpaired) electrons. The van der Waals surface area contributed by atoms with E-state index in [1.807, 2.05) is 0 Å². The fraction of sp³-hybridized carbons (Fsp3) is 0.294. The van der Waals surface area contributed by atoms with Crippen molar-refractivity contribution in [2.24, 2.45) is 10.9 Å². The molecule has 1 aromatic heterocycles. The van der Waals surface area contributed by atoms with Gasteiger partial charge in [-0.15, -0.1) is 23.1 Å². The summed E-state index contributed by atoms with van der Waals surface area (Å²) in [5, 5.41) is 19.5. The molecule has 2 unspecified atom stereocenters. The number of aromatic nitrogens is 1. The predicted molar refractivity (Wildman–Crippen MR) is 107 cm³/mol. The summed E-state index contributed by atoms with van der Waals surface area (Å²) >= 11 is 2.42. The molecule has 0 bridgehead atoms. The predicted octanol–water partition coefficient (Wildman–Crippen LogP) is 0.614. The minimum atomic E-state index is -1.23. The van der Waals surface area contributed by atoms with Gasteiger partial charge in [-0.25, -0.2) is 9.78 Å². The molecule has 0 aromatic carbocycles. The number of nitrogen functional groups attached to an aromatic ring is 1. The van der Waals surface area contributed by atoms with Crippen LogP contribution in [0.2, 0.25) is 0 Å². The van der Waals surface area contributed by atoms with E-state index in [2.05, 4.69) is 16.6 Å². The number of carboxylic acid groups (broad SMARTS) is 2. The van der Waals surface area contributed by atoms with Crippen molar-refractivity contribution < 1.29 is 29.4 Å². The van der Waals surface area contributed by atoms with Gasteiger partial charge < -0.3 is 15.9 Å². The SMILES string of the molecule is C=CC1=C(C(=O)O)N2C(=O)C(CC(=O)C(=NCC(=O)O)c3csc(N)n3)C2SC1. The third kappa shape index (κ3) is 3.93. The summed E-state index contributed by atoms with van der Waals surface area (Å²) in [6.07, 6.45) is 1.17. The van der Waals surface area contributed by atoms with Crippen molar-refractivity contribution in [2.75, 3.05) is 18.0 Å². The Morgan fingerprint density at radius 1 is 1.41 bits per heavy atom. The molecule has 1 aromatic rings. The van der Waals surface area contributed by atoms with Crippen LogP contribution in [0.15, 0.2) is 34.3 Å². The third-order valence-corrected chi connectivity index (χ3v) is 6.40. The first-order valence-corrected chi connectivity index (χ1v) is 10.2. The Morgan fingerprint density at radius 3 is 2.69 bits per heavy atom. The normalized spacial score (nSPS) is 21.4. The lowest BCUT2D eigenvalue weighted by atomic mass is 9.89. The van der Waals surface area contributed by atoms with Gasteiger partial charge in [-0.3, -0.25) is 24.3 Å². The van der Waals surface area contributed by atoms with Crippen LogP contribution < -0.4 is 5.73 Å². The number of Topliss-reactive ketones (excluding diaryl/α,β-unsaturated/α-hetero) is 1. The minimum Gasteiger partial charge on any atom is -0.480 e. The Balaban J connectivity index is 1.82. The molecule has 0 aliphatic carbocycles. The second-order valence-electron chi connectivity index (χ2n) is 6.16. The van der Waals surface area contributed by atoms with Crippen molar-refractivity contribution in [3.8, 4) is 0 Å². The number of allylic oxidation sites excluding steroid dienone is 1. The Bertz CT molecular complexity index is 982. The van der Waals surface area contributed by atoms with Crippen LogP contribution in [0.1, 0.15) is 12.1 Å². The first-order valence-electron chi connectivity index (χ1n) is 8.29. The highest BCUT2D eigenvalue weighted by atomic mass is 32.2. The smallest absolute Gasteiger partial charge is 0.352 e. The van der Waals surface area contributed by atoms with Crippen LogP contribution in [0, 0.1) is 5.92 Å². The van der Waals surface area contributed by atoms with E-state index in [1.54, 1.807) is 0 Å². The number of carbonyl (C=O) groups is 4. The number of β-lactam (4-membered cyclic amide) rings is 1. The number of fused-ring (bicyclic) bond motifs is 1. The molecule has 3 heterocycles. The summed E-state index contributed by atoms with van der Waals surface area (Å²) in [6, 6.07) is 0. The van der Waals surface area contributed by atoms with Crippen molar-refractivity contribution in [1.82, 2.24) is 9.88 Å². The van der Waals surface area contributed by atoms with E-state index in [0.717, 1.165) is 11.3 Å². The van der Waals surface area contributed by atoms with Crippen LogP contribution in [0.5, 0.6) is 0 Å². The van der Waals surface area contributed by atoms with E-state index in [4.69, 9.17) is 10.8 Å². The van der Waals surface area contributed by atoms with Crippen LogP contribution in [-0.2, 0) is 19.2 Å². The number of ketones is 1. The van der Waals surface area contributed by atoms with Gasteiger partial charge in [0.15, 0.2) is 10.9 Å². The monoisotopic (exact) mass is 436 g/mol. The van der Waals surface area contributed by atoms with E-state index in [0.29, 0.717) is 11.3 Å². The van der Waals surface area contributed by atoms with E-state index in [9.17, 15) is 24.3 Å². The molecule has 2 atom stereocenters. The van der Waals surface area contributed by atoms with Gasteiger partial charge >= 0.3 is 11.9 Å². The number of carboxylic acids is 2. The maximum absolute atomic E-state index is 12.8. The second kappa shape index (κ2) is 8.17. The second-order valence-corrected chi connectivity index (χ2v) is 8.15. The van der Waals surface area contributed by atoms with Crippen molar-refractivity contribution in [2.45, 2.75) is 11.8 Å². The number of hydrogen-bond acceptors (Lipinski definition) is 9. The Hall–Kier alpha value is -2.99. The lowest BCUT2D eigenvalue weighted by molar-refractivity contribution is -0.153. The van der Waals surface area contributed by atoms with Gasteiger partial charge in [0, 0.05) is 17.6 Å². The number of nitrogens with two attached hydrogens (primary N) is 1. The van der Waals surface area contributed by atoms with Gasteiger partial charge in [0.25, 0.3) is 0 Å². The summed E-state index contributed by atoms with van der Waals surface area (Å²) in [5.74, 6) is -3.87. The molecule has 1 saturated heterocycles. The highest BCUT2D eigenvalue weighted by molar-refractivity contribution is 8.00. The summed E-state index contributed by atoms with van der Waals surface area (Å²) < 4.78 is 0. The Morgan fingerprint density at radius 2 is 2.14 bits per heavy atom. The summed E-state index contributed by atoms with van der Waals surface area (Å²) in [4.78, 5) is 56.8. The maximum Gasteiger partial charge on any atom is 0.352 e. The van der Waals surface area contributed by atoms with Crippen molar-refractivity contribution >= 4 is 57.6 Å². The standard InChI is InChI=1S/C17H16N4O6S2/c1-2-7-5-28-15-8(14(25)21(15)13(7)16(26)27)3-10(22)12(19-4-11(23)24)9-6-29-17(18)20-9/h2,6,8,15H,1,3-5H2,(H2,18,20)(H,23,24)(H,26,27). The van der Waals surface area contributed by atoms with Gasteiger partial charge in [-0.1, -0.05) is 12.7 Å². The third-order valence-electron chi connectivity index (χ3n) is 4.36. The average molecular weight is 436 g/mol. The van der Waals surface area contributed by atoms with Crippen LogP contribution in [-0.4, -0.2) is 67.1 Å². The number of aliphatic carboxylic acids is 2. The lowest BCUT2D eigenvalue weighted by Gasteiger charge is -2.49. The Kier molecular flexibility index (Phi) is 5.84. The molecule has 152 valence electrons. The number of nitrogens with zero attached hydrogens (tertiary/aromatic N) is 3. The summed E-state index contributed by atoms with van der Waals surface area (Å²) in [5.41, 5.74) is 5.90. The van der Waals surface area contributed by atoms with E-state index in [1.165, 1.54) is 28.1 Å². The largest absolute Gasteiger partial charge is 0.480 e. The maximum atomic E-state index is 12.8. The topological polar surface area (TPSA) is 163 Å². The first-order chi connectivity index (χ1) is 13.7. The molecule has 2 aliphatic rings. The first kappa shape index (κ1) is 20.7. The number of thioether (sulfide) groups is 1. The van der Waals surface area contributed by atoms with Crippen LogP contribution in [0.3, 0.4) is 0 Å². The van der Waals surface area contributed by atoms with Crippen LogP contribution in [0.4, 0.5) is 5.13 Å². The minimum absolute atomic E-state index is 0.121. The molecular weight excluding hydrogens is 420 g/mol. The van der Waals surface area contributed by atoms with Crippen LogP contribution >= 0.6 is 23.1 Å². The number of anilines is 1. The number of rotatable bonds is 8. The lowest BCUT2D eigenvalue weighted by Crippen LogP contribution is -2.62. The number of thiazole rings is 1. The quantitative estimate of drug-likeness (QED) is 0.391. The summed E-state index contributed by atoms with van der Waals surface area (Å²) in [7, 11) is 0. The zero-order valence-electron chi connectivity index (χ0n) is 14.9. The number of hydrogen-bond donors (Lipinski definition) is 3. The molecule has 1 fully saturated rings. The zero-order valence-corrected chi connectivity index (χ0v) is 16.5. The highest BCUT2D eigenvalue weighted by Gasteiger charge is 2.53. The number of amides is 1. The fourth-order valence-corrected chi connectivity index (χ4v) is 5.04. The number of carbonyl (C=O) groups excluding carboxylic acids is 2. The highest BCUT2D eigenvalue weighted by Crippen LogP contribution is 2.45. The van der Waals surface area contributed by atoms with Crippen molar-refractivity contribution in [3.63, 3.8) is 0 Å². The molecule has 0 spiro atoms. The average Bonchev–Trinajstić information content (AvgIpc) is 3.10. The molecule has 0 saturated carbocycles. The van der Waals surface area contributed by atoms with Crippen LogP contribution in [0.25, 0.3) is 0 Å². The van der Waals surface area contributed by atoms with Gasteiger partial charge in [0.2, 0.25) is 5.91 Å². The van der Waals surface area contributed by atoms with Crippen molar-refractivity contribution in [3.05, 3.63) is 35.0 Å². The molecule has 4 N–H and O–H groups in total. The van der Waals surface area contributed by atoms with Gasteiger partial charge in [0.05, 0.1) is 11.3 Å². The number of aliphatic imine (C=N–C) groups is 1. The zero-order chi connectivity index (χ0) is 21.3. The molecule has 3 rings (SSSR count). The van der Waals surface area contributed by atoms with E-state index < -0.39 is 41.5 Å². The molecule has 1 amide bonds. The Labute approximate surface area is 172 Å². The molecule has 2 aliphatic heterocycles. The molecule has 12 heteroatoms. The van der Waals surface area contributed by atoms with Gasteiger partial charge in [-0.05, 0) is 5.57 Å². The van der Waals surface area contributed by atoms with Crippen molar-refractivity contribution in [1.29, 1.82) is 0 Å².